The fraction of sp³-hybridized carbons (Fsp3) is 0.291. The monoisotopic (exact) mass is 866 g/mol. The normalized spacial score (nSPS) is 9.29. The van der Waals surface area contributed by atoms with Gasteiger partial charge in [-0.2, -0.15) is 4.37 Å². The van der Waals surface area contributed by atoms with Gasteiger partial charge in [-0.3, -0.25) is 9.97 Å². The molecule has 7 heteroatoms. The van der Waals surface area contributed by atoms with Crippen molar-refractivity contribution in [2.45, 2.75) is 111 Å². The van der Waals surface area contributed by atoms with Crippen LogP contribution in [0, 0.1) is 111 Å². The van der Waals surface area contributed by atoms with E-state index in [0.29, 0.717) is 0 Å². The summed E-state index contributed by atoms with van der Waals surface area (Å²) in [4.78, 5) is 16.3. The van der Waals surface area contributed by atoms with E-state index in [1.165, 1.54) is 67.2 Å². The molecular weight excluding hydrogens is 795 g/mol. The number of benzene rings is 4. The van der Waals surface area contributed by atoms with Crippen LogP contribution in [-0.4, -0.2) is 24.3 Å². The van der Waals surface area contributed by atoms with Crippen molar-refractivity contribution < 1.29 is 0 Å². The molecule has 0 fully saturated rings. The highest BCUT2D eigenvalue weighted by Gasteiger charge is 1.89. The Kier molecular flexibility index (Phi) is 27.4. The maximum absolute atomic E-state index is 4.13. The van der Waals surface area contributed by atoms with Crippen LogP contribution >= 0.6 is 22.9 Å². The summed E-state index contributed by atoms with van der Waals surface area (Å²) in [5.41, 5.74) is 16.4. The van der Waals surface area contributed by atoms with Crippen molar-refractivity contribution >= 4 is 22.9 Å². The van der Waals surface area contributed by atoms with Crippen molar-refractivity contribution in [3.63, 3.8) is 0 Å². The second-order valence-electron chi connectivity index (χ2n) is 15.4. The van der Waals surface area contributed by atoms with E-state index in [2.05, 4.69) is 194 Å². The molecule has 0 saturated heterocycles. The molecule has 0 amide bonds. The van der Waals surface area contributed by atoms with E-state index in [0.717, 1.165) is 32.9 Å². The van der Waals surface area contributed by atoms with Crippen LogP contribution in [0.25, 0.3) is 0 Å². The number of aryl methyl sites for hydroxylation is 16. The molecule has 0 atom stereocenters. The zero-order valence-corrected chi connectivity index (χ0v) is 42.0. The Bertz CT molecular complexity index is 1930. The molecule has 0 aliphatic heterocycles. The quantitative estimate of drug-likeness (QED) is 0.152. The zero-order chi connectivity index (χ0) is 46.5. The first-order chi connectivity index (χ1) is 29.3. The molecule has 5 nitrogen and oxygen atoms in total. The molecular formula is C55H71N5S2. The lowest BCUT2D eigenvalue weighted by atomic mass is 10.2. The third-order valence-electron chi connectivity index (χ3n) is 8.27. The maximum atomic E-state index is 4.13. The minimum Gasteiger partial charge on any atom is -0.261 e. The van der Waals surface area contributed by atoms with Gasteiger partial charge in [-0.1, -0.05) is 154 Å². The fourth-order valence-electron chi connectivity index (χ4n) is 4.84. The molecule has 0 radical (unpaired) electrons. The maximum Gasteiger partial charge on any atom is 0.139 e. The Balaban J connectivity index is 0.000000354. The van der Waals surface area contributed by atoms with Crippen molar-refractivity contribution in [2.75, 3.05) is 0 Å². The third-order valence-corrected chi connectivity index (χ3v) is 9.87. The predicted molar refractivity (Wildman–Crippen MR) is 272 cm³/mol. The number of thiazole rings is 1. The Morgan fingerprint density at radius 1 is 0.323 bits per heavy atom. The molecule has 0 unspecified atom stereocenters. The largest absolute Gasteiger partial charge is 0.261 e. The predicted octanol–water partition coefficient (Wildman–Crippen LogP) is 15.5. The molecule has 4 aromatic carbocycles. The molecule has 62 heavy (non-hydrogen) atoms. The van der Waals surface area contributed by atoms with Crippen LogP contribution in [-0.2, 0) is 0 Å². The number of aromatic nitrogens is 5. The van der Waals surface area contributed by atoms with E-state index in [1.54, 1.807) is 11.3 Å². The van der Waals surface area contributed by atoms with Gasteiger partial charge in [0.15, 0.2) is 0 Å². The third kappa shape index (κ3) is 29.6. The minimum atomic E-state index is 0.877. The van der Waals surface area contributed by atoms with Crippen LogP contribution in [0.3, 0.4) is 0 Å². The van der Waals surface area contributed by atoms with Gasteiger partial charge >= 0.3 is 0 Å². The molecule has 4 aromatic heterocycles. The van der Waals surface area contributed by atoms with Crippen molar-refractivity contribution in [2.24, 2.45) is 0 Å². The summed E-state index contributed by atoms with van der Waals surface area (Å²) in [6.07, 6.45) is 3.74. The van der Waals surface area contributed by atoms with E-state index >= 15 is 0 Å². The van der Waals surface area contributed by atoms with Crippen molar-refractivity contribution in [1.29, 1.82) is 0 Å². The molecule has 0 aliphatic rings. The summed E-state index contributed by atoms with van der Waals surface area (Å²) in [5.74, 6) is 0.877. The van der Waals surface area contributed by atoms with Gasteiger partial charge in [0.1, 0.15) is 10.8 Å². The number of hydrogen-bond acceptors (Lipinski definition) is 7. The summed E-state index contributed by atoms with van der Waals surface area (Å²) in [5, 5.41) is 4.24. The summed E-state index contributed by atoms with van der Waals surface area (Å²) < 4.78 is 3.95. The van der Waals surface area contributed by atoms with E-state index in [9.17, 15) is 0 Å². The van der Waals surface area contributed by atoms with Gasteiger partial charge in [-0.05, 0) is 146 Å². The van der Waals surface area contributed by atoms with Crippen molar-refractivity contribution in [3.05, 3.63) is 228 Å². The smallest absolute Gasteiger partial charge is 0.139 e. The lowest BCUT2D eigenvalue weighted by Gasteiger charge is -1.90. The van der Waals surface area contributed by atoms with Crippen molar-refractivity contribution in [1.82, 2.24) is 24.3 Å². The van der Waals surface area contributed by atoms with Gasteiger partial charge in [0.25, 0.3) is 0 Å². The zero-order valence-electron chi connectivity index (χ0n) is 40.3. The first kappa shape index (κ1) is 54.4. The van der Waals surface area contributed by atoms with Crippen LogP contribution in [0.4, 0.5) is 0 Å². The van der Waals surface area contributed by atoms with Crippen LogP contribution in [0.2, 0.25) is 0 Å². The number of hydrogen-bond donors (Lipinski definition) is 0. The van der Waals surface area contributed by atoms with Crippen LogP contribution in [0.15, 0.2) is 139 Å². The summed E-state index contributed by atoms with van der Waals surface area (Å²) in [6, 6.07) is 42.0. The van der Waals surface area contributed by atoms with Gasteiger partial charge < -0.3 is 0 Å². The Morgan fingerprint density at radius 3 is 0.806 bits per heavy atom. The highest BCUT2D eigenvalue weighted by atomic mass is 32.1. The van der Waals surface area contributed by atoms with Gasteiger partial charge in [-0.25, -0.2) is 9.97 Å². The van der Waals surface area contributed by atoms with Crippen LogP contribution < -0.4 is 0 Å². The Labute approximate surface area is 383 Å². The average Bonchev–Trinajstić information content (AvgIpc) is 3.81. The van der Waals surface area contributed by atoms with Gasteiger partial charge in [0, 0.05) is 34.9 Å². The van der Waals surface area contributed by atoms with E-state index in [4.69, 9.17) is 0 Å². The molecule has 8 aromatic rings. The Morgan fingerprint density at radius 2 is 0.661 bits per heavy atom. The topological polar surface area (TPSA) is 64.5 Å². The molecule has 0 bridgehead atoms. The van der Waals surface area contributed by atoms with Gasteiger partial charge in [0.2, 0.25) is 0 Å². The van der Waals surface area contributed by atoms with Gasteiger partial charge in [0.05, 0.1) is 5.01 Å². The molecule has 0 spiro atoms. The standard InChI is InChI=1S/4C8H10.2C7H9N.C5H7NS.C4H6N2S/c2*1-7-3-5-8(2)6-4-7;2*1-7-4-3-5-8(2)6-7;2*1-6-3-4-7(2)8-5-6;1-4-3-7-5(2)6-4;1-3-5-4(2)7-6-3/h4*3-6H,1-2H3;2*3-5H,1-2H3;3H,1-2H3;1-2H3. The first-order valence-corrected chi connectivity index (χ1v) is 22.5. The second-order valence-corrected chi connectivity index (χ2v) is 17.5. The lowest BCUT2D eigenvalue weighted by Crippen LogP contribution is -1.78. The Hall–Kier alpha value is -5.63. The molecule has 0 N–H and O–H groups in total. The molecule has 0 aliphatic carbocycles. The minimum absolute atomic E-state index is 0.877. The van der Waals surface area contributed by atoms with Crippen LogP contribution in [0.5, 0.6) is 0 Å². The number of rotatable bonds is 0. The molecule has 8 rings (SSSR count). The van der Waals surface area contributed by atoms with Crippen LogP contribution in [0.1, 0.15) is 88.6 Å². The van der Waals surface area contributed by atoms with Gasteiger partial charge in [-0.15, -0.1) is 11.3 Å². The SMILES string of the molecule is Cc1ccc(C)cc1.Cc1ccc(C)cc1.Cc1ccc(C)nc1.Cc1ccc(C)nc1.Cc1cccc(C)c1.Cc1cccc(C)c1.Cc1csc(C)n1.Cc1nsc(C)n1. The number of nitrogens with zero attached hydrogens (tertiary/aromatic N) is 5. The van der Waals surface area contributed by atoms with E-state index < -0.39 is 0 Å². The average molecular weight is 866 g/mol. The highest BCUT2D eigenvalue weighted by Crippen LogP contribution is 2.05. The van der Waals surface area contributed by atoms with Crippen molar-refractivity contribution in [3.8, 4) is 0 Å². The fourth-order valence-corrected chi connectivity index (χ4v) is 5.91. The second kappa shape index (κ2) is 31.3. The lowest BCUT2D eigenvalue weighted by molar-refractivity contribution is 1.13. The summed E-state index contributed by atoms with van der Waals surface area (Å²) in [6.45, 7) is 32.7. The summed E-state index contributed by atoms with van der Waals surface area (Å²) in [7, 11) is 0. The van der Waals surface area contributed by atoms with E-state index in [-0.39, 0.29) is 0 Å². The first-order valence-electron chi connectivity index (χ1n) is 20.9. The van der Waals surface area contributed by atoms with E-state index in [1.807, 2.05) is 79.9 Å². The molecule has 4 heterocycles. The molecule has 328 valence electrons. The number of pyridine rings is 2. The molecule has 0 saturated carbocycles. The highest BCUT2D eigenvalue weighted by molar-refractivity contribution is 7.09. The summed E-state index contributed by atoms with van der Waals surface area (Å²) >= 11 is 3.14.